The van der Waals surface area contributed by atoms with Gasteiger partial charge in [0.05, 0.1) is 34.2 Å². The van der Waals surface area contributed by atoms with Crippen molar-refractivity contribution in [3.63, 3.8) is 0 Å². The fourth-order valence-corrected chi connectivity index (χ4v) is 5.83. The average Bonchev–Trinajstić information content (AvgIpc) is 3.70. The molecule has 40 heavy (non-hydrogen) atoms. The predicted octanol–water partition coefficient (Wildman–Crippen LogP) is 5.73. The Balaban J connectivity index is 1.24. The number of fused-ring (bicyclic) bond motifs is 5. The van der Waals surface area contributed by atoms with E-state index in [-0.39, 0.29) is 5.92 Å². The van der Waals surface area contributed by atoms with Crippen LogP contribution in [0.4, 0.5) is 0 Å². The van der Waals surface area contributed by atoms with Gasteiger partial charge in [-0.1, -0.05) is 48.2 Å². The lowest BCUT2D eigenvalue weighted by Crippen LogP contribution is -2.16. The van der Waals surface area contributed by atoms with Gasteiger partial charge in [0, 0.05) is 12.4 Å². The summed E-state index contributed by atoms with van der Waals surface area (Å²) in [6.07, 6.45) is 5.27. The molecule has 7 aromatic rings. The van der Waals surface area contributed by atoms with Crippen LogP contribution < -0.4 is 4.74 Å². The Morgan fingerprint density at radius 2 is 1.80 bits per heavy atom. The summed E-state index contributed by atoms with van der Waals surface area (Å²) in [6, 6.07) is 21.6. The van der Waals surface area contributed by atoms with E-state index >= 15 is 0 Å². The molecule has 1 atom stereocenters. The SMILES string of the molecule is Cc1nn(-c2ccccc2)c2c1[C@@H](c1cccnc1)c1c(ncn3nc(CSc4nc5ccccc5o4)nc13)O2. The lowest BCUT2D eigenvalue weighted by Gasteiger charge is -2.26. The second-order valence-electron chi connectivity index (χ2n) is 9.37. The van der Waals surface area contributed by atoms with Crippen molar-refractivity contribution in [1.82, 2.24) is 39.3 Å². The van der Waals surface area contributed by atoms with Crippen LogP contribution in [0.25, 0.3) is 22.4 Å². The minimum Gasteiger partial charge on any atom is -0.431 e. The number of aromatic nitrogens is 8. The first-order chi connectivity index (χ1) is 19.7. The highest BCUT2D eigenvalue weighted by atomic mass is 32.2. The number of pyridine rings is 1. The molecule has 6 heterocycles. The summed E-state index contributed by atoms with van der Waals surface area (Å²) in [5, 5.41) is 10.2. The molecular weight excluding hydrogens is 524 g/mol. The van der Waals surface area contributed by atoms with E-state index in [9.17, 15) is 0 Å². The van der Waals surface area contributed by atoms with Crippen molar-refractivity contribution in [1.29, 1.82) is 0 Å². The zero-order chi connectivity index (χ0) is 26.6. The van der Waals surface area contributed by atoms with Crippen molar-refractivity contribution in [2.45, 2.75) is 23.8 Å². The van der Waals surface area contributed by atoms with Gasteiger partial charge in [-0.2, -0.15) is 5.10 Å². The average molecular weight is 545 g/mol. The van der Waals surface area contributed by atoms with E-state index in [1.54, 1.807) is 17.0 Å². The van der Waals surface area contributed by atoms with Crippen LogP contribution in [0.2, 0.25) is 0 Å². The summed E-state index contributed by atoms with van der Waals surface area (Å²) in [5.41, 5.74) is 6.77. The third-order valence-corrected chi connectivity index (χ3v) is 7.71. The number of aryl methyl sites for hydroxylation is 1. The molecule has 1 aliphatic heterocycles. The Labute approximate surface area is 231 Å². The van der Waals surface area contributed by atoms with Gasteiger partial charge in [0.2, 0.25) is 11.8 Å². The number of hydrogen-bond donors (Lipinski definition) is 0. The molecule has 1 aliphatic rings. The van der Waals surface area contributed by atoms with Crippen LogP contribution in [-0.4, -0.2) is 39.3 Å². The monoisotopic (exact) mass is 544 g/mol. The minimum absolute atomic E-state index is 0.247. The molecule has 0 saturated heterocycles. The number of oxazole rings is 1. The first kappa shape index (κ1) is 22.9. The number of para-hydroxylation sites is 3. The number of hydrogen-bond acceptors (Lipinski definition) is 9. The standard InChI is InChI=1S/C29H20N8O2S/c1-17-23-24(18-8-7-13-30-14-18)25-26-33-22(15-40-29-32-20-11-5-6-12-21(20)38-29)35-36(26)16-31-27(25)39-28(23)37(34-17)19-9-3-2-4-10-19/h2-14,16,24H,15H2,1H3/t24-/m1/s1. The number of thioether (sulfide) groups is 1. The summed E-state index contributed by atoms with van der Waals surface area (Å²) >= 11 is 1.45. The highest BCUT2D eigenvalue weighted by Gasteiger charge is 2.38. The molecule has 0 amide bonds. The fourth-order valence-electron chi connectivity index (χ4n) is 5.15. The molecule has 0 radical (unpaired) electrons. The molecule has 194 valence electrons. The van der Waals surface area contributed by atoms with Crippen LogP contribution in [0.1, 0.15) is 34.1 Å². The Hall–Kier alpha value is -5.03. The van der Waals surface area contributed by atoms with Crippen molar-refractivity contribution in [3.8, 4) is 17.4 Å². The van der Waals surface area contributed by atoms with Crippen molar-refractivity contribution >= 4 is 28.5 Å². The van der Waals surface area contributed by atoms with Gasteiger partial charge < -0.3 is 9.15 Å². The van der Waals surface area contributed by atoms with Gasteiger partial charge >= 0.3 is 0 Å². The largest absolute Gasteiger partial charge is 0.431 e. The molecule has 0 N–H and O–H groups in total. The second-order valence-corrected chi connectivity index (χ2v) is 10.3. The van der Waals surface area contributed by atoms with Crippen LogP contribution >= 0.6 is 11.8 Å². The second kappa shape index (κ2) is 9.02. The molecule has 0 bridgehead atoms. The van der Waals surface area contributed by atoms with E-state index in [2.05, 4.69) is 21.0 Å². The van der Waals surface area contributed by atoms with Gasteiger partial charge in [0.25, 0.3) is 5.22 Å². The third-order valence-electron chi connectivity index (χ3n) is 6.88. The first-order valence-electron chi connectivity index (χ1n) is 12.7. The van der Waals surface area contributed by atoms with Crippen molar-refractivity contribution in [2.75, 3.05) is 0 Å². The summed E-state index contributed by atoms with van der Waals surface area (Å²) in [4.78, 5) is 18.6. The number of nitrogens with zero attached hydrogens (tertiary/aromatic N) is 8. The summed E-state index contributed by atoms with van der Waals surface area (Å²) in [5.74, 6) is 1.97. The molecule has 0 aliphatic carbocycles. The molecule has 0 unspecified atom stereocenters. The smallest absolute Gasteiger partial charge is 0.257 e. The Morgan fingerprint density at radius 3 is 2.65 bits per heavy atom. The van der Waals surface area contributed by atoms with Gasteiger partial charge in [-0.3, -0.25) is 4.98 Å². The maximum atomic E-state index is 6.47. The van der Waals surface area contributed by atoms with Gasteiger partial charge in [-0.25, -0.2) is 24.1 Å². The van der Waals surface area contributed by atoms with Crippen molar-refractivity contribution < 1.29 is 9.15 Å². The lowest BCUT2D eigenvalue weighted by atomic mass is 9.85. The van der Waals surface area contributed by atoms with Gasteiger partial charge in [0.1, 0.15) is 11.8 Å². The zero-order valence-corrected chi connectivity index (χ0v) is 22.0. The number of benzene rings is 2. The van der Waals surface area contributed by atoms with E-state index in [4.69, 9.17) is 24.3 Å². The number of ether oxygens (including phenoxy) is 1. The molecule has 11 heteroatoms. The Bertz CT molecular complexity index is 1980. The molecule has 0 fully saturated rings. The molecular formula is C29H20N8O2S. The van der Waals surface area contributed by atoms with Crippen LogP contribution in [0.3, 0.4) is 0 Å². The van der Waals surface area contributed by atoms with Crippen LogP contribution in [-0.2, 0) is 5.75 Å². The van der Waals surface area contributed by atoms with Gasteiger partial charge in [-0.15, -0.1) is 5.10 Å². The minimum atomic E-state index is -0.247. The summed E-state index contributed by atoms with van der Waals surface area (Å²) in [6.45, 7) is 2.00. The van der Waals surface area contributed by atoms with Crippen LogP contribution in [0, 0.1) is 6.92 Å². The Morgan fingerprint density at radius 1 is 0.925 bits per heavy atom. The van der Waals surface area contributed by atoms with E-state index in [0.29, 0.717) is 34.2 Å². The maximum absolute atomic E-state index is 6.47. The topological polar surface area (TPSA) is 109 Å². The van der Waals surface area contributed by atoms with E-state index in [1.165, 1.54) is 11.8 Å². The van der Waals surface area contributed by atoms with Crippen LogP contribution in [0.15, 0.2) is 95.1 Å². The lowest BCUT2D eigenvalue weighted by molar-refractivity contribution is 0.402. The van der Waals surface area contributed by atoms with Gasteiger partial charge in [-0.05, 0) is 42.8 Å². The summed E-state index contributed by atoms with van der Waals surface area (Å²) in [7, 11) is 0. The number of rotatable bonds is 5. The normalized spacial score (nSPS) is 14.3. The van der Waals surface area contributed by atoms with Crippen molar-refractivity contribution in [3.05, 3.63) is 114 Å². The van der Waals surface area contributed by atoms with E-state index < -0.39 is 0 Å². The highest BCUT2D eigenvalue weighted by molar-refractivity contribution is 7.98. The third kappa shape index (κ3) is 3.66. The molecule has 8 rings (SSSR count). The molecule has 0 spiro atoms. The first-order valence-corrected chi connectivity index (χ1v) is 13.7. The fraction of sp³-hybridized carbons (Fsp3) is 0.103. The molecule has 10 nitrogen and oxygen atoms in total. The summed E-state index contributed by atoms with van der Waals surface area (Å²) < 4.78 is 15.9. The zero-order valence-electron chi connectivity index (χ0n) is 21.2. The van der Waals surface area contributed by atoms with Crippen LogP contribution in [0.5, 0.6) is 11.8 Å². The maximum Gasteiger partial charge on any atom is 0.257 e. The Kier molecular flexibility index (Phi) is 5.17. The molecule has 0 saturated carbocycles. The van der Waals surface area contributed by atoms with E-state index in [0.717, 1.165) is 39.2 Å². The van der Waals surface area contributed by atoms with Gasteiger partial charge in [0.15, 0.2) is 17.1 Å². The highest BCUT2D eigenvalue weighted by Crippen LogP contribution is 2.49. The molecule has 2 aromatic carbocycles. The van der Waals surface area contributed by atoms with E-state index in [1.807, 2.05) is 78.5 Å². The molecule has 5 aromatic heterocycles. The predicted molar refractivity (Wildman–Crippen MR) is 148 cm³/mol. The van der Waals surface area contributed by atoms with Crippen molar-refractivity contribution in [2.24, 2.45) is 0 Å². The quantitative estimate of drug-likeness (QED) is 0.251.